The van der Waals surface area contributed by atoms with Crippen LogP contribution in [0.4, 0.5) is 4.39 Å². The molecule has 0 aromatic heterocycles. The Bertz CT molecular complexity index is 594. The van der Waals surface area contributed by atoms with E-state index < -0.39 is 0 Å². The van der Waals surface area contributed by atoms with E-state index in [1.165, 1.54) is 17.7 Å². The monoisotopic (exact) mass is 300 g/mol. The molecule has 0 amide bonds. The molecular weight excluding hydrogens is 279 g/mol. The van der Waals surface area contributed by atoms with Crippen LogP contribution < -0.4 is 10.1 Å². The van der Waals surface area contributed by atoms with Crippen molar-refractivity contribution in [1.29, 1.82) is 0 Å². The zero-order valence-electron chi connectivity index (χ0n) is 12.6. The average Bonchev–Trinajstić information content (AvgIpc) is 2.55. The second kappa shape index (κ2) is 7.38. The van der Waals surface area contributed by atoms with Crippen LogP contribution in [0.25, 0.3) is 0 Å². The molecule has 1 fully saturated rings. The fraction of sp³-hybridized carbons (Fsp3) is 0.333. The molecule has 1 saturated heterocycles. The predicted octanol–water partition coefficient (Wildman–Crippen LogP) is 2.81. The molecule has 3 nitrogen and oxygen atoms in total. The van der Waals surface area contributed by atoms with Gasteiger partial charge in [-0.25, -0.2) is 4.39 Å². The van der Waals surface area contributed by atoms with Gasteiger partial charge in [-0.05, 0) is 35.4 Å². The summed E-state index contributed by atoms with van der Waals surface area (Å²) in [5.41, 5.74) is 2.13. The van der Waals surface area contributed by atoms with Gasteiger partial charge < -0.3 is 10.1 Å². The highest BCUT2D eigenvalue weighted by Gasteiger charge is 2.09. The Kier molecular flexibility index (Phi) is 5.03. The second-order valence-corrected chi connectivity index (χ2v) is 5.59. The molecule has 0 spiro atoms. The van der Waals surface area contributed by atoms with Gasteiger partial charge in [0.15, 0.2) is 0 Å². The molecule has 0 aliphatic carbocycles. The lowest BCUT2D eigenvalue weighted by atomic mass is 10.2. The third-order valence-corrected chi connectivity index (χ3v) is 3.83. The number of nitrogens with zero attached hydrogens (tertiary/aromatic N) is 1. The fourth-order valence-corrected chi connectivity index (χ4v) is 2.61. The molecule has 2 aromatic carbocycles. The van der Waals surface area contributed by atoms with Gasteiger partial charge in [0.05, 0.1) is 0 Å². The van der Waals surface area contributed by atoms with E-state index in [-0.39, 0.29) is 5.82 Å². The molecule has 4 heteroatoms. The predicted molar refractivity (Wildman–Crippen MR) is 85.3 cm³/mol. The smallest absolute Gasteiger partial charge is 0.123 e. The standard InChI is InChI=1S/C18H21FN2O/c19-17-3-1-2-16(12-17)14-22-18-6-4-15(5-7-18)13-21-10-8-20-9-11-21/h1-7,12,20H,8-11,13-14H2. The number of benzene rings is 2. The maximum atomic E-state index is 13.1. The van der Waals surface area contributed by atoms with Crippen molar-refractivity contribution < 1.29 is 9.13 Å². The van der Waals surface area contributed by atoms with Crippen LogP contribution >= 0.6 is 0 Å². The lowest BCUT2D eigenvalue weighted by molar-refractivity contribution is 0.233. The fourth-order valence-electron chi connectivity index (χ4n) is 2.61. The molecule has 0 unspecified atom stereocenters. The Morgan fingerprint density at radius 1 is 1.00 bits per heavy atom. The maximum absolute atomic E-state index is 13.1. The van der Waals surface area contributed by atoms with E-state index in [1.54, 1.807) is 6.07 Å². The zero-order valence-corrected chi connectivity index (χ0v) is 12.6. The van der Waals surface area contributed by atoms with E-state index in [9.17, 15) is 4.39 Å². The highest BCUT2D eigenvalue weighted by molar-refractivity contribution is 5.28. The Hall–Kier alpha value is -1.91. The summed E-state index contributed by atoms with van der Waals surface area (Å²) >= 11 is 0. The first kappa shape index (κ1) is 15.0. The first-order valence-electron chi connectivity index (χ1n) is 7.69. The molecule has 0 atom stereocenters. The van der Waals surface area contributed by atoms with Gasteiger partial charge in [0.2, 0.25) is 0 Å². The van der Waals surface area contributed by atoms with E-state index in [2.05, 4.69) is 22.3 Å². The van der Waals surface area contributed by atoms with E-state index in [4.69, 9.17) is 4.74 Å². The van der Waals surface area contributed by atoms with Crippen LogP contribution in [-0.2, 0) is 13.2 Å². The number of hydrogen-bond donors (Lipinski definition) is 1. The number of hydrogen-bond acceptors (Lipinski definition) is 3. The van der Waals surface area contributed by atoms with Gasteiger partial charge in [0.1, 0.15) is 18.2 Å². The molecule has 22 heavy (non-hydrogen) atoms. The van der Waals surface area contributed by atoms with Crippen molar-refractivity contribution in [2.24, 2.45) is 0 Å². The van der Waals surface area contributed by atoms with Crippen molar-refractivity contribution in [3.05, 3.63) is 65.5 Å². The van der Waals surface area contributed by atoms with Crippen molar-refractivity contribution in [3.8, 4) is 5.75 Å². The van der Waals surface area contributed by atoms with Gasteiger partial charge in [-0.3, -0.25) is 4.90 Å². The summed E-state index contributed by atoms with van der Waals surface area (Å²) in [4.78, 5) is 2.44. The van der Waals surface area contributed by atoms with Crippen LogP contribution in [0.1, 0.15) is 11.1 Å². The Labute approximate surface area is 130 Å². The van der Waals surface area contributed by atoms with Gasteiger partial charge in [-0.2, -0.15) is 0 Å². The van der Waals surface area contributed by atoms with Crippen molar-refractivity contribution in [3.63, 3.8) is 0 Å². The molecule has 0 bridgehead atoms. The van der Waals surface area contributed by atoms with Crippen LogP contribution in [-0.4, -0.2) is 31.1 Å². The first-order chi connectivity index (χ1) is 10.8. The molecule has 0 radical (unpaired) electrons. The largest absolute Gasteiger partial charge is 0.489 e. The number of halogens is 1. The zero-order chi connectivity index (χ0) is 15.2. The van der Waals surface area contributed by atoms with E-state index in [0.29, 0.717) is 6.61 Å². The van der Waals surface area contributed by atoms with Crippen LogP contribution in [0.15, 0.2) is 48.5 Å². The molecule has 1 aliphatic rings. The number of ether oxygens (including phenoxy) is 1. The van der Waals surface area contributed by atoms with Gasteiger partial charge in [0.25, 0.3) is 0 Å². The summed E-state index contributed by atoms with van der Waals surface area (Å²) in [6.07, 6.45) is 0. The van der Waals surface area contributed by atoms with Crippen molar-refractivity contribution >= 4 is 0 Å². The lowest BCUT2D eigenvalue weighted by Crippen LogP contribution is -2.42. The maximum Gasteiger partial charge on any atom is 0.123 e. The Balaban J connectivity index is 1.52. The van der Waals surface area contributed by atoms with Gasteiger partial charge in [-0.1, -0.05) is 24.3 Å². The molecule has 1 aliphatic heterocycles. The van der Waals surface area contributed by atoms with Crippen LogP contribution in [0.2, 0.25) is 0 Å². The molecule has 116 valence electrons. The summed E-state index contributed by atoms with van der Waals surface area (Å²) in [5.74, 6) is 0.584. The average molecular weight is 300 g/mol. The van der Waals surface area contributed by atoms with Gasteiger partial charge in [0, 0.05) is 32.7 Å². The molecule has 0 saturated carbocycles. The minimum atomic E-state index is -0.229. The molecule has 1 heterocycles. The minimum absolute atomic E-state index is 0.229. The lowest BCUT2D eigenvalue weighted by Gasteiger charge is -2.27. The normalized spacial score (nSPS) is 15.7. The topological polar surface area (TPSA) is 24.5 Å². The SMILES string of the molecule is Fc1cccc(COc2ccc(CN3CCNCC3)cc2)c1. The van der Waals surface area contributed by atoms with Crippen LogP contribution in [0.3, 0.4) is 0 Å². The molecule has 1 N–H and O–H groups in total. The third kappa shape index (κ3) is 4.29. The van der Waals surface area contributed by atoms with Crippen molar-refractivity contribution in [1.82, 2.24) is 10.2 Å². The summed E-state index contributed by atoms with van der Waals surface area (Å²) < 4.78 is 18.8. The molecule has 3 rings (SSSR count). The number of nitrogens with one attached hydrogen (secondary N) is 1. The van der Waals surface area contributed by atoms with E-state index in [1.807, 2.05) is 18.2 Å². The number of rotatable bonds is 5. The van der Waals surface area contributed by atoms with Gasteiger partial charge in [-0.15, -0.1) is 0 Å². The highest BCUT2D eigenvalue weighted by Crippen LogP contribution is 2.16. The quantitative estimate of drug-likeness (QED) is 0.919. The van der Waals surface area contributed by atoms with E-state index in [0.717, 1.165) is 44.0 Å². The Morgan fingerprint density at radius 2 is 1.77 bits per heavy atom. The summed E-state index contributed by atoms with van der Waals surface area (Å²) in [6.45, 7) is 5.68. The van der Waals surface area contributed by atoms with Crippen LogP contribution in [0.5, 0.6) is 5.75 Å². The molecular formula is C18H21FN2O. The molecule has 2 aromatic rings. The summed E-state index contributed by atoms with van der Waals surface area (Å²) in [7, 11) is 0. The summed E-state index contributed by atoms with van der Waals surface area (Å²) in [6, 6.07) is 14.7. The van der Waals surface area contributed by atoms with Gasteiger partial charge >= 0.3 is 0 Å². The first-order valence-corrected chi connectivity index (χ1v) is 7.69. The summed E-state index contributed by atoms with van der Waals surface area (Å²) in [5, 5.41) is 3.36. The van der Waals surface area contributed by atoms with Crippen molar-refractivity contribution in [2.45, 2.75) is 13.2 Å². The third-order valence-electron chi connectivity index (χ3n) is 3.83. The highest BCUT2D eigenvalue weighted by atomic mass is 19.1. The van der Waals surface area contributed by atoms with E-state index >= 15 is 0 Å². The Morgan fingerprint density at radius 3 is 2.50 bits per heavy atom. The van der Waals surface area contributed by atoms with Crippen molar-refractivity contribution in [2.75, 3.05) is 26.2 Å². The second-order valence-electron chi connectivity index (χ2n) is 5.59. The minimum Gasteiger partial charge on any atom is -0.489 e. The number of piperazine rings is 1. The van der Waals surface area contributed by atoms with Crippen LogP contribution in [0, 0.1) is 5.82 Å².